The Morgan fingerprint density at radius 3 is 3.00 bits per heavy atom. The number of hydrogen-bond donors (Lipinski definition) is 1. The second kappa shape index (κ2) is 4.86. The Morgan fingerprint density at radius 1 is 1.33 bits per heavy atom. The summed E-state index contributed by atoms with van der Waals surface area (Å²) in [6, 6.07) is 4.32. The van der Waals surface area contributed by atoms with E-state index in [0.29, 0.717) is 30.3 Å². The van der Waals surface area contributed by atoms with Crippen molar-refractivity contribution in [3.8, 4) is 5.75 Å². The lowest BCUT2D eigenvalue weighted by atomic mass is 9.88. The average molecular weight is 252 g/mol. The monoisotopic (exact) mass is 252 g/mol. The molecule has 0 saturated carbocycles. The molecule has 0 aromatic heterocycles. The summed E-state index contributed by atoms with van der Waals surface area (Å²) in [5.41, 5.74) is 0.558. The van der Waals surface area contributed by atoms with Gasteiger partial charge in [0, 0.05) is 24.5 Å². The van der Waals surface area contributed by atoms with E-state index in [0.717, 1.165) is 19.4 Å². The number of aliphatic hydroxyl groups excluding tert-OH is 1. The Kier molecular flexibility index (Phi) is 3.22. The minimum atomic E-state index is -0.642. The minimum absolute atomic E-state index is 0.0294. The third kappa shape index (κ3) is 2.22. The second-order valence-electron chi connectivity index (χ2n) is 5.07. The fourth-order valence-corrected chi connectivity index (χ4v) is 2.79. The highest BCUT2D eigenvalue weighted by molar-refractivity contribution is 5.37. The number of fused-ring (bicyclic) bond motifs is 1. The van der Waals surface area contributed by atoms with Gasteiger partial charge in [0.2, 0.25) is 0 Å². The van der Waals surface area contributed by atoms with E-state index in [4.69, 9.17) is 9.47 Å². The predicted octanol–water partition coefficient (Wildman–Crippen LogP) is 2.44. The first-order chi connectivity index (χ1) is 8.74. The van der Waals surface area contributed by atoms with E-state index in [1.807, 2.05) is 0 Å². The second-order valence-corrected chi connectivity index (χ2v) is 5.07. The number of ether oxygens (including phenoxy) is 2. The molecular formula is C14H17FO3. The van der Waals surface area contributed by atoms with Crippen LogP contribution >= 0.6 is 0 Å². The van der Waals surface area contributed by atoms with Gasteiger partial charge in [0.1, 0.15) is 17.7 Å². The first-order valence-electron chi connectivity index (χ1n) is 6.46. The Hall–Kier alpha value is -1.13. The maximum atomic E-state index is 13.1. The van der Waals surface area contributed by atoms with Crippen LogP contribution < -0.4 is 4.74 Å². The molecule has 0 spiro atoms. The first kappa shape index (κ1) is 11.9. The summed E-state index contributed by atoms with van der Waals surface area (Å²) >= 11 is 0. The van der Waals surface area contributed by atoms with Gasteiger partial charge in [-0.2, -0.15) is 0 Å². The van der Waals surface area contributed by atoms with Gasteiger partial charge in [0.25, 0.3) is 0 Å². The molecule has 2 aliphatic rings. The van der Waals surface area contributed by atoms with Crippen LogP contribution in [-0.4, -0.2) is 24.4 Å². The van der Waals surface area contributed by atoms with E-state index in [2.05, 4.69) is 0 Å². The van der Waals surface area contributed by atoms with Crippen molar-refractivity contribution in [3.05, 3.63) is 29.6 Å². The summed E-state index contributed by atoms with van der Waals surface area (Å²) < 4.78 is 24.5. The van der Waals surface area contributed by atoms with E-state index in [1.165, 1.54) is 12.1 Å². The minimum Gasteiger partial charge on any atom is -0.490 e. The van der Waals surface area contributed by atoms with E-state index in [1.54, 1.807) is 6.07 Å². The van der Waals surface area contributed by atoms with Crippen LogP contribution in [0.3, 0.4) is 0 Å². The Balaban J connectivity index is 1.80. The molecule has 2 heterocycles. The molecule has 1 saturated heterocycles. The van der Waals surface area contributed by atoms with Crippen molar-refractivity contribution < 1.29 is 19.0 Å². The molecule has 3 nitrogen and oxygen atoms in total. The van der Waals surface area contributed by atoms with Gasteiger partial charge >= 0.3 is 0 Å². The Morgan fingerprint density at radius 2 is 2.22 bits per heavy atom. The fraction of sp³-hybridized carbons (Fsp3) is 0.571. The molecule has 98 valence electrons. The maximum absolute atomic E-state index is 13.1. The van der Waals surface area contributed by atoms with Crippen molar-refractivity contribution in [2.45, 2.75) is 31.5 Å². The summed E-state index contributed by atoms with van der Waals surface area (Å²) in [5.74, 6) is 0.591. The van der Waals surface area contributed by atoms with Crippen LogP contribution in [0.1, 0.15) is 30.9 Å². The number of hydrogen-bond acceptors (Lipinski definition) is 3. The fourth-order valence-electron chi connectivity index (χ4n) is 2.79. The molecule has 1 N–H and O–H groups in total. The highest BCUT2D eigenvalue weighted by Crippen LogP contribution is 2.38. The summed E-state index contributed by atoms with van der Waals surface area (Å²) in [5, 5.41) is 10.1. The van der Waals surface area contributed by atoms with Crippen molar-refractivity contribution >= 4 is 0 Å². The van der Waals surface area contributed by atoms with Crippen LogP contribution in [0.2, 0.25) is 0 Å². The van der Waals surface area contributed by atoms with Crippen molar-refractivity contribution in [1.82, 2.24) is 0 Å². The van der Waals surface area contributed by atoms with Crippen LogP contribution in [0.15, 0.2) is 18.2 Å². The van der Waals surface area contributed by atoms with Gasteiger partial charge in [-0.15, -0.1) is 0 Å². The van der Waals surface area contributed by atoms with Gasteiger partial charge in [0.05, 0.1) is 12.7 Å². The number of halogens is 1. The third-order valence-corrected chi connectivity index (χ3v) is 3.79. The number of benzene rings is 1. The highest BCUT2D eigenvalue weighted by Gasteiger charge is 2.33. The number of aliphatic hydroxyl groups is 1. The lowest BCUT2D eigenvalue weighted by Gasteiger charge is -2.36. The summed E-state index contributed by atoms with van der Waals surface area (Å²) in [6.07, 6.45) is 1.95. The van der Waals surface area contributed by atoms with Crippen LogP contribution in [0, 0.1) is 11.7 Å². The lowest BCUT2D eigenvalue weighted by molar-refractivity contribution is -0.0287. The van der Waals surface area contributed by atoms with E-state index >= 15 is 0 Å². The molecule has 3 unspecified atom stereocenters. The summed E-state index contributed by atoms with van der Waals surface area (Å²) in [6.45, 7) is 1.50. The molecule has 18 heavy (non-hydrogen) atoms. The zero-order valence-electron chi connectivity index (χ0n) is 10.1. The van der Waals surface area contributed by atoms with Gasteiger partial charge in [0.15, 0.2) is 0 Å². The largest absolute Gasteiger partial charge is 0.490 e. The molecule has 0 amide bonds. The van der Waals surface area contributed by atoms with Crippen molar-refractivity contribution in [1.29, 1.82) is 0 Å². The molecule has 1 aromatic rings. The third-order valence-electron chi connectivity index (χ3n) is 3.79. The first-order valence-corrected chi connectivity index (χ1v) is 6.46. The predicted molar refractivity (Wildman–Crippen MR) is 63.9 cm³/mol. The van der Waals surface area contributed by atoms with Crippen molar-refractivity contribution in [2.75, 3.05) is 13.2 Å². The molecule has 1 fully saturated rings. The summed E-state index contributed by atoms with van der Waals surface area (Å²) in [4.78, 5) is 0. The molecular weight excluding hydrogens is 235 g/mol. The molecule has 4 heteroatoms. The average Bonchev–Trinajstić information content (AvgIpc) is 2.40. The Bertz CT molecular complexity index is 429. The molecule has 3 rings (SSSR count). The zero-order valence-corrected chi connectivity index (χ0v) is 10.1. The maximum Gasteiger partial charge on any atom is 0.125 e. The number of rotatable bonds is 1. The highest BCUT2D eigenvalue weighted by atomic mass is 19.1. The standard InChI is InChI=1S/C14H17FO3/c15-10-3-4-13-11(6-10)12(16)7-14(18-13)9-2-1-5-17-8-9/h3-4,6,9,12,14,16H,1-2,5,7-8H2. The summed E-state index contributed by atoms with van der Waals surface area (Å²) in [7, 11) is 0. The van der Waals surface area contributed by atoms with Gasteiger partial charge in [-0.05, 0) is 31.0 Å². The van der Waals surface area contributed by atoms with E-state index in [-0.39, 0.29) is 11.9 Å². The quantitative estimate of drug-likeness (QED) is 0.834. The SMILES string of the molecule is OC1CC(C2CCCOC2)Oc2ccc(F)cc21. The topological polar surface area (TPSA) is 38.7 Å². The van der Waals surface area contributed by atoms with Crippen molar-refractivity contribution in [2.24, 2.45) is 5.92 Å². The smallest absolute Gasteiger partial charge is 0.125 e. The molecule has 2 aliphatic heterocycles. The van der Waals surface area contributed by atoms with Crippen LogP contribution in [0.4, 0.5) is 4.39 Å². The van der Waals surface area contributed by atoms with Gasteiger partial charge < -0.3 is 14.6 Å². The van der Waals surface area contributed by atoms with Crippen LogP contribution in [0.25, 0.3) is 0 Å². The van der Waals surface area contributed by atoms with E-state index in [9.17, 15) is 9.50 Å². The lowest BCUT2D eigenvalue weighted by Crippen LogP contribution is -2.37. The van der Waals surface area contributed by atoms with Gasteiger partial charge in [-0.25, -0.2) is 4.39 Å². The van der Waals surface area contributed by atoms with Crippen molar-refractivity contribution in [3.63, 3.8) is 0 Å². The van der Waals surface area contributed by atoms with Gasteiger partial charge in [-0.1, -0.05) is 0 Å². The molecule has 0 aliphatic carbocycles. The molecule has 3 atom stereocenters. The van der Waals surface area contributed by atoms with Crippen LogP contribution in [0.5, 0.6) is 5.75 Å². The van der Waals surface area contributed by atoms with Crippen LogP contribution in [-0.2, 0) is 4.74 Å². The van der Waals surface area contributed by atoms with E-state index < -0.39 is 6.10 Å². The molecule has 1 aromatic carbocycles. The molecule has 0 radical (unpaired) electrons. The molecule has 0 bridgehead atoms. The van der Waals surface area contributed by atoms with Gasteiger partial charge in [-0.3, -0.25) is 0 Å². The zero-order chi connectivity index (χ0) is 12.5. The Labute approximate surface area is 106 Å². The normalized spacial score (nSPS) is 31.6.